The minimum atomic E-state index is -0.437. The molecule has 0 amide bonds. The van der Waals surface area contributed by atoms with Crippen molar-refractivity contribution >= 4 is 6.09 Å². The highest BCUT2D eigenvalue weighted by atomic mass is 16.5. The van der Waals surface area contributed by atoms with E-state index in [1.54, 1.807) is 13.0 Å². The number of carbonyl (C=O) groups is 1. The van der Waals surface area contributed by atoms with Gasteiger partial charge in [0.2, 0.25) is 0 Å². The lowest BCUT2D eigenvalue weighted by Gasteiger charge is -1.98. The maximum absolute atomic E-state index is 10.8. The Labute approximate surface area is 58.4 Å². The van der Waals surface area contributed by atoms with E-state index in [9.17, 15) is 4.79 Å². The van der Waals surface area contributed by atoms with Gasteiger partial charge in [-0.2, -0.15) is 9.78 Å². The summed E-state index contributed by atoms with van der Waals surface area (Å²) >= 11 is 0. The van der Waals surface area contributed by atoms with Crippen LogP contribution < -0.4 is 0 Å². The molecular weight excluding hydrogens is 132 g/mol. The van der Waals surface area contributed by atoms with Crippen LogP contribution in [0.3, 0.4) is 0 Å². The average Bonchev–Trinajstić information content (AvgIpc) is 2.38. The summed E-state index contributed by atoms with van der Waals surface area (Å²) in [6, 6.07) is 1.66. The maximum atomic E-state index is 10.8. The van der Waals surface area contributed by atoms with Gasteiger partial charge in [-0.05, 0) is 13.0 Å². The van der Waals surface area contributed by atoms with Gasteiger partial charge >= 0.3 is 6.09 Å². The predicted octanol–water partition coefficient (Wildman–Crippen LogP) is 0.888. The number of aromatic nitrogens is 2. The number of rotatable bonds is 1. The Kier molecular flexibility index (Phi) is 2.04. The van der Waals surface area contributed by atoms with Crippen molar-refractivity contribution in [1.29, 1.82) is 0 Å². The first kappa shape index (κ1) is 6.80. The number of hydrogen-bond acceptors (Lipinski definition) is 3. The Morgan fingerprint density at radius 2 is 2.60 bits per heavy atom. The molecule has 0 spiro atoms. The van der Waals surface area contributed by atoms with Gasteiger partial charge in [0, 0.05) is 12.4 Å². The molecule has 1 aromatic rings. The van der Waals surface area contributed by atoms with Crippen LogP contribution in [-0.2, 0) is 4.74 Å². The lowest BCUT2D eigenvalue weighted by molar-refractivity contribution is 0.150. The normalized spacial score (nSPS) is 9.30. The van der Waals surface area contributed by atoms with Crippen LogP contribution in [0, 0.1) is 0 Å². The molecule has 1 rings (SSSR count). The van der Waals surface area contributed by atoms with E-state index < -0.39 is 6.09 Å². The fraction of sp³-hybridized carbons (Fsp3) is 0.333. The number of nitrogens with zero attached hydrogens (tertiary/aromatic N) is 2. The summed E-state index contributed by atoms with van der Waals surface area (Å²) in [5.74, 6) is 0. The third-order valence-electron chi connectivity index (χ3n) is 0.959. The standard InChI is InChI=1S/C6H8N2O2/c1-2-10-6(9)8-5-3-4-7-8/h3-5H,2H2,1H3. The lowest BCUT2D eigenvalue weighted by atomic mass is 10.7. The highest BCUT2D eigenvalue weighted by Crippen LogP contribution is 1.86. The summed E-state index contributed by atoms with van der Waals surface area (Å²) in [5.41, 5.74) is 0. The van der Waals surface area contributed by atoms with Crippen molar-refractivity contribution in [2.75, 3.05) is 6.61 Å². The zero-order chi connectivity index (χ0) is 7.40. The van der Waals surface area contributed by atoms with Crippen molar-refractivity contribution in [1.82, 2.24) is 9.78 Å². The zero-order valence-electron chi connectivity index (χ0n) is 5.65. The first-order valence-corrected chi connectivity index (χ1v) is 3.01. The SMILES string of the molecule is CCOC(=O)n1cccn1. The van der Waals surface area contributed by atoms with E-state index in [2.05, 4.69) is 9.84 Å². The van der Waals surface area contributed by atoms with Crippen LogP contribution in [0.25, 0.3) is 0 Å². The molecule has 4 heteroatoms. The molecule has 1 heterocycles. The van der Waals surface area contributed by atoms with Gasteiger partial charge in [0.25, 0.3) is 0 Å². The fourth-order valence-electron chi connectivity index (χ4n) is 0.566. The molecule has 4 nitrogen and oxygen atoms in total. The van der Waals surface area contributed by atoms with Crippen LogP contribution in [0.2, 0.25) is 0 Å². The Morgan fingerprint density at radius 3 is 3.10 bits per heavy atom. The molecule has 0 N–H and O–H groups in total. The van der Waals surface area contributed by atoms with Gasteiger partial charge in [0.15, 0.2) is 0 Å². The third kappa shape index (κ3) is 1.34. The van der Waals surface area contributed by atoms with Crippen LogP contribution >= 0.6 is 0 Å². The molecule has 0 aliphatic rings. The van der Waals surface area contributed by atoms with E-state index in [1.165, 1.54) is 12.4 Å². The van der Waals surface area contributed by atoms with Gasteiger partial charge < -0.3 is 4.74 Å². The van der Waals surface area contributed by atoms with Gasteiger partial charge in [0.05, 0.1) is 6.61 Å². The largest absolute Gasteiger partial charge is 0.448 e. The predicted molar refractivity (Wildman–Crippen MR) is 34.6 cm³/mol. The summed E-state index contributed by atoms with van der Waals surface area (Å²) in [4.78, 5) is 10.8. The van der Waals surface area contributed by atoms with Crippen LogP contribution in [0.5, 0.6) is 0 Å². The quantitative estimate of drug-likeness (QED) is 0.581. The van der Waals surface area contributed by atoms with Gasteiger partial charge in [-0.25, -0.2) is 4.79 Å². The summed E-state index contributed by atoms with van der Waals surface area (Å²) in [6.07, 6.45) is 2.63. The Balaban J connectivity index is 2.59. The van der Waals surface area contributed by atoms with Crippen molar-refractivity contribution in [3.05, 3.63) is 18.5 Å². The molecule has 0 aromatic carbocycles. The molecule has 0 saturated carbocycles. The van der Waals surface area contributed by atoms with Crippen molar-refractivity contribution in [3.63, 3.8) is 0 Å². The zero-order valence-corrected chi connectivity index (χ0v) is 5.65. The van der Waals surface area contributed by atoms with E-state index in [0.29, 0.717) is 6.61 Å². The number of hydrogen-bond donors (Lipinski definition) is 0. The average molecular weight is 140 g/mol. The monoisotopic (exact) mass is 140 g/mol. The highest BCUT2D eigenvalue weighted by molar-refractivity contribution is 5.68. The topological polar surface area (TPSA) is 44.1 Å². The lowest BCUT2D eigenvalue weighted by Crippen LogP contribution is -2.13. The van der Waals surface area contributed by atoms with E-state index in [1.807, 2.05) is 0 Å². The molecule has 0 unspecified atom stereocenters. The summed E-state index contributed by atoms with van der Waals surface area (Å²) in [7, 11) is 0. The van der Waals surface area contributed by atoms with E-state index in [-0.39, 0.29) is 0 Å². The van der Waals surface area contributed by atoms with Crippen molar-refractivity contribution in [2.45, 2.75) is 6.92 Å². The fourth-order valence-corrected chi connectivity index (χ4v) is 0.566. The molecule has 0 fully saturated rings. The molecule has 1 aromatic heterocycles. The summed E-state index contributed by atoms with van der Waals surface area (Å²) in [5, 5.41) is 3.68. The molecule has 0 saturated heterocycles. The van der Waals surface area contributed by atoms with E-state index in [0.717, 1.165) is 4.68 Å². The van der Waals surface area contributed by atoms with Gasteiger partial charge in [-0.15, -0.1) is 0 Å². The number of ether oxygens (including phenoxy) is 1. The third-order valence-corrected chi connectivity index (χ3v) is 0.959. The molecule has 0 aliphatic heterocycles. The van der Waals surface area contributed by atoms with Crippen LogP contribution in [0.4, 0.5) is 4.79 Å². The second kappa shape index (κ2) is 3.00. The minimum Gasteiger partial charge on any atom is -0.448 e. The van der Waals surface area contributed by atoms with Gasteiger partial charge in [-0.3, -0.25) is 0 Å². The summed E-state index contributed by atoms with van der Waals surface area (Å²) in [6.45, 7) is 2.13. The van der Waals surface area contributed by atoms with Crippen molar-refractivity contribution in [2.24, 2.45) is 0 Å². The van der Waals surface area contributed by atoms with E-state index in [4.69, 9.17) is 0 Å². The smallest absolute Gasteiger partial charge is 0.434 e. The number of carbonyl (C=O) groups excluding carboxylic acids is 1. The van der Waals surface area contributed by atoms with Gasteiger partial charge in [-0.1, -0.05) is 0 Å². The maximum Gasteiger partial charge on any atom is 0.434 e. The van der Waals surface area contributed by atoms with Crippen molar-refractivity contribution in [3.8, 4) is 0 Å². The molecule has 0 bridgehead atoms. The van der Waals surface area contributed by atoms with Gasteiger partial charge in [0.1, 0.15) is 0 Å². The highest BCUT2D eigenvalue weighted by Gasteiger charge is 2.01. The molecule has 0 atom stereocenters. The van der Waals surface area contributed by atoms with Crippen LogP contribution in [-0.4, -0.2) is 22.5 Å². The second-order valence-corrected chi connectivity index (χ2v) is 1.65. The van der Waals surface area contributed by atoms with Crippen LogP contribution in [0.1, 0.15) is 6.92 Å². The first-order valence-electron chi connectivity index (χ1n) is 3.01. The van der Waals surface area contributed by atoms with Crippen molar-refractivity contribution < 1.29 is 9.53 Å². The Hall–Kier alpha value is -1.32. The Morgan fingerprint density at radius 1 is 1.80 bits per heavy atom. The molecule has 0 aliphatic carbocycles. The first-order chi connectivity index (χ1) is 4.84. The minimum absolute atomic E-state index is 0.374. The second-order valence-electron chi connectivity index (χ2n) is 1.65. The Bertz CT molecular complexity index is 206. The molecular formula is C6H8N2O2. The molecule has 0 radical (unpaired) electrons. The molecule has 54 valence electrons. The summed E-state index contributed by atoms with van der Waals surface area (Å²) < 4.78 is 5.79. The van der Waals surface area contributed by atoms with Crippen LogP contribution in [0.15, 0.2) is 18.5 Å². The van der Waals surface area contributed by atoms with E-state index >= 15 is 0 Å². The molecule has 10 heavy (non-hydrogen) atoms.